The van der Waals surface area contributed by atoms with Gasteiger partial charge in [0.2, 0.25) is 0 Å². The summed E-state index contributed by atoms with van der Waals surface area (Å²) in [5, 5.41) is 15.3. The molecule has 0 fully saturated rings. The van der Waals surface area contributed by atoms with Crippen molar-refractivity contribution in [2.75, 3.05) is 5.73 Å². The smallest absolute Gasteiger partial charge is 0.152 e. The zero-order valence-electron chi connectivity index (χ0n) is 14.4. The normalized spacial score (nSPS) is 12.5. The Bertz CT molecular complexity index is 1050. The van der Waals surface area contributed by atoms with E-state index in [1.54, 1.807) is 31.4 Å². The van der Waals surface area contributed by atoms with Crippen molar-refractivity contribution in [2.45, 2.75) is 32.3 Å². The minimum Gasteiger partial charge on any atom is -0.390 e. The van der Waals surface area contributed by atoms with Crippen LogP contribution < -0.4 is 5.73 Å². The molecular weight excluding hydrogens is 336 g/mol. The number of hydrogen-bond donors (Lipinski definition) is 2. The second-order valence-electron chi connectivity index (χ2n) is 6.84. The fourth-order valence-electron chi connectivity index (χ4n) is 2.94. The predicted molar refractivity (Wildman–Crippen MR) is 100 cm³/mol. The third kappa shape index (κ3) is 2.77. The van der Waals surface area contributed by atoms with Crippen molar-refractivity contribution < 1.29 is 5.11 Å². The first kappa shape index (κ1) is 16.0. The fourth-order valence-corrected chi connectivity index (χ4v) is 4.06. The van der Waals surface area contributed by atoms with Crippen LogP contribution in [0.15, 0.2) is 24.5 Å². The highest BCUT2D eigenvalue weighted by atomic mass is 32.1. The number of nitrogens with two attached hydrogens (primary N) is 1. The van der Waals surface area contributed by atoms with Crippen molar-refractivity contribution in [3.05, 3.63) is 30.4 Å². The maximum atomic E-state index is 10.00. The van der Waals surface area contributed by atoms with Gasteiger partial charge in [0.1, 0.15) is 16.3 Å². The molecule has 3 N–H and O–H groups in total. The largest absolute Gasteiger partial charge is 0.390 e. The second-order valence-corrected chi connectivity index (χ2v) is 7.87. The molecule has 0 amide bonds. The molecule has 4 heterocycles. The number of hydrogen-bond acceptors (Lipinski definition) is 6. The molecule has 0 atom stereocenters. The van der Waals surface area contributed by atoms with Crippen LogP contribution in [0.4, 0.5) is 5.82 Å². The molecular formula is C17H20N6OS. The van der Waals surface area contributed by atoms with Gasteiger partial charge in [0.15, 0.2) is 5.82 Å². The molecule has 0 saturated carbocycles. The Labute approximate surface area is 148 Å². The van der Waals surface area contributed by atoms with E-state index in [9.17, 15) is 5.11 Å². The first-order valence-electron chi connectivity index (χ1n) is 8.10. The van der Waals surface area contributed by atoms with E-state index in [1.165, 1.54) is 0 Å². The molecule has 8 heteroatoms. The van der Waals surface area contributed by atoms with Gasteiger partial charge in [-0.15, -0.1) is 11.3 Å². The zero-order chi connectivity index (χ0) is 17.8. The molecule has 0 aliphatic carbocycles. The van der Waals surface area contributed by atoms with E-state index < -0.39 is 5.60 Å². The number of fused-ring (bicyclic) bond motifs is 3. The van der Waals surface area contributed by atoms with Crippen LogP contribution in [0.25, 0.3) is 26.3 Å². The number of thiophene rings is 1. The molecule has 130 valence electrons. The highest BCUT2D eigenvalue weighted by Crippen LogP contribution is 2.35. The van der Waals surface area contributed by atoms with Crippen LogP contribution >= 0.6 is 11.3 Å². The van der Waals surface area contributed by atoms with Gasteiger partial charge in [-0.1, -0.05) is 0 Å². The van der Waals surface area contributed by atoms with Crippen LogP contribution in [0.3, 0.4) is 0 Å². The summed E-state index contributed by atoms with van der Waals surface area (Å²) in [6, 6.07) is 3.88. The zero-order valence-corrected chi connectivity index (χ0v) is 15.2. The summed E-state index contributed by atoms with van der Waals surface area (Å²) in [5.41, 5.74) is 7.98. The van der Waals surface area contributed by atoms with Crippen LogP contribution in [0, 0.1) is 0 Å². The molecule has 7 nitrogen and oxygen atoms in total. The molecule has 4 rings (SSSR count). The summed E-state index contributed by atoms with van der Waals surface area (Å²) in [4.78, 5) is 9.21. The van der Waals surface area contributed by atoms with Crippen LogP contribution in [0.5, 0.6) is 0 Å². The average molecular weight is 356 g/mol. The second kappa shape index (κ2) is 5.53. The van der Waals surface area contributed by atoms with Crippen molar-refractivity contribution in [1.82, 2.24) is 24.3 Å². The van der Waals surface area contributed by atoms with Gasteiger partial charge in [0.05, 0.1) is 21.3 Å². The summed E-state index contributed by atoms with van der Waals surface area (Å²) in [5.74, 6) is 1.32. The van der Waals surface area contributed by atoms with Gasteiger partial charge in [-0.05, 0) is 26.3 Å². The molecule has 4 aromatic heterocycles. The number of nitrogen functional groups attached to an aromatic ring is 1. The lowest BCUT2D eigenvalue weighted by molar-refractivity contribution is 0.0707. The van der Waals surface area contributed by atoms with Gasteiger partial charge < -0.3 is 15.4 Å². The van der Waals surface area contributed by atoms with Crippen molar-refractivity contribution in [2.24, 2.45) is 7.05 Å². The van der Waals surface area contributed by atoms with E-state index >= 15 is 0 Å². The van der Waals surface area contributed by atoms with Crippen LogP contribution in [-0.2, 0) is 13.5 Å². The first-order chi connectivity index (χ1) is 11.8. The average Bonchev–Trinajstić information content (AvgIpc) is 3.23. The van der Waals surface area contributed by atoms with Crippen LogP contribution in [0.1, 0.15) is 26.1 Å². The number of aromatic nitrogens is 5. The third-order valence-electron chi connectivity index (χ3n) is 4.28. The molecule has 0 aliphatic rings. The van der Waals surface area contributed by atoms with E-state index in [0.717, 1.165) is 32.1 Å². The summed E-state index contributed by atoms with van der Waals surface area (Å²) >= 11 is 1.62. The van der Waals surface area contributed by atoms with Gasteiger partial charge >= 0.3 is 0 Å². The number of anilines is 1. The van der Waals surface area contributed by atoms with Gasteiger partial charge in [-0.25, -0.2) is 14.6 Å². The number of aryl methyl sites for hydroxylation is 2. The maximum Gasteiger partial charge on any atom is 0.152 e. The summed E-state index contributed by atoms with van der Waals surface area (Å²) in [6.45, 7) is 3.61. The molecule has 0 saturated heterocycles. The van der Waals surface area contributed by atoms with Gasteiger partial charge in [0.25, 0.3) is 0 Å². The maximum absolute atomic E-state index is 10.00. The summed E-state index contributed by atoms with van der Waals surface area (Å²) < 4.78 is 4.92. The lowest BCUT2D eigenvalue weighted by atomic mass is 10.0. The van der Waals surface area contributed by atoms with Crippen LogP contribution in [-0.4, -0.2) is 35.0 Å². The Kier molecular flexibility index (Phi) is 3.55. The number of nitrogens with zero attached hydrogens (tertiary/aromatic N) is 5. The van der Waals surface area contributed by atoms with E-state index in [4.69, 9.17) is 5.73 Å². The van der Waals surface area contributed by atoms with Crippen molar-refractivity contribution in [1.29, 1.82) is 0 Å². The van der Waals surface area contributed by atoms with Crippen LogP contribution in [0.2, 0.25) is 0 Å². The fraction of sp³-hybridized carbons (Fsp3) is 0.353. The summed E-state index contributed by atoms with van der Waals surface area (Å²) in [7, 11) is 1.99. The molecule has 0 unspecified atom stereocenters. The van der Waals surface area contributed by atoms with E-state index in [2.05, 4.69) is 19.6 Å². The monoisotopic (exact) mass is 356 g/mol. The lowest BCUT2D eigenvalue weighted by Gasteiger charge is -2.16. The Morgan fingerprint density at radius 1 is 1.32 bits per heavy atom. The van der Waals surface area contributed by atoms with Gasteiger partial charge in [-0.3, -0.25) is 0 Å². The Morgan fingerprint density at radius 2 is 2.12 bits per heavy atom. The predicted octanol–water partition coefficient (Wildman–Crippen LogP) is 2.65. The quantitative estimate of drug-likeness (QED) is 0.586. The number of pyridine rings is 1. The summed E-state index contributed by atoms with van der Waals surface area (Å²) in [6.07, 6.45) is 4.96. The molecule has 0 bridgehead atoms. The van der Waals surface area contributed by atoms with Crippen molar-refractivity contribution in [3.8, 4) is 5.00 Å². The van der Waals surface area contributed by atoms with Gasteiger partial charge in [-0.2, -0.15) is 5.10 Å². The molecule has 4 aromatic rings. The Hall–Kier alpha value is -2.45. The number of rotatable bonds is 4. The minimum absolute atomic E-state index is 0.428. The van der Waals surface area contributed by atoms with E-state index in [1.807, 2.05) is 30.1 Å². The highest BCUT2D eigenvalue weighted by molar-refractivity contribution is 7.22. The standard InChI is InChI=1S/C17H20N6OS/c1-17(2,24)6-5-11-21-13-14(22(11)3)15-10(20-16(13)18)9-12(25-15)23-8-4-7-19-23/h4,7-9,24H,5-6H2,1-3H3,(H2,18,20). The number of imidazole rings is 1. The lowest BCUT2D eigenvalue weighted by Crippen LogP contribution is -2.20. The molecule has 0 aliphatic heterocycles. The number of aliphatic hydroxyl groups is 1. The molecule has 25 heavy (non-hydrogen) atoms. The van der Waals surface area contributed by atoms with E-state index in [0.29, 0.717) is 18.7 Å². The SMILES string of the molecule is Cn1c(CCC(C)(C)O)nc2c(N)nc3cc(-n4cccn4)sc3c21. The molecule has 0 radical (unpaired) electrons. The van der Waals surface area contributed by atoms with Gasteiger partial charge in [0, 0.05) is 31.9 Å². The Balaban J connectivity index is 1.89. The van der Waals surface area contributed by atoms with Crippen molar-refractivity contribution >= 4 is 38.4 Å². The molecule has 0 aromatic carbocycles. The van der Waals surface area contributed by atoms with E-state index in [-0.39, 0.29) is 0 Å². The topological polar surface area (TPSA) is 94.8 Å². The third-order valence-corrected chi connectivity index (χ3v) is 5.40. The minimum atomic E-state index is -0.729. The highest BCUT2D eigenvalue weighted by Gasteiger charge is 2.20. The Morgan fingerprint density at radius 3 is 2.80 bits per heavy atom. The first-order valence-corrected chi connectivity index (χ1v) is 8.92. The van der Waals surface area contributed by atoms with Crippen molar-refractivity contribution in [3.63, 3.8) is 0 Å². The molecule has 0 spiro atoms.